The summed E-state index contributed by atoms with van der Waals surface area (Å²) in [5, 5.41) is 3.17. The summed E-state index contributed by atoms with van der Waals surface area (Å²) in [5.74, 6) is 0. The number of halogens is 1. The van der Waals surface area contributed by atoms with Gasteiger partial charge in [-0.25, -0.2) is 0 Å². The summed E-state index contributed by atoms with van der Waals surface area (Å²) in [7, 11) is 1.94. The van der Waals surface area contributed by atoms with Gasteiger partial charge in [-0.05, 0) is 39.4 Å². The minimum atomic E-state index is -0.142. The van der Waals surface area contributed by atoms with Gasteiger partial charge in [0.05, 0.1) is 11.7 Å². The van der Waals surface area contributed by atoms with Crippen LogP contribution in [0, 0.1) is 0 Å². The van der Waals surface area contributed by atoms with Crippen LogP contribution in [0.3, 0.4) is 0 Å². The Labute approximate surface area is 107 Å². The summed E-state index contributed by atoms with van der Waals surface area (Å²) < 4.78 is 7.15. The molecule has 0 aliphatic rings. The van der Waals surface area contributed by atoms with Crippen LogP contribution >= 0.6 is 15.9 Å². The summed E-state index contributed by atoms with van der Waals surface area (Å²) in [6, 6.07) is 8.19. The predicted molar refractivity (Wildman–Crippen MR) is 71.6 cm³/mol. The van der Waals surface area contributed by atoms with Crippen molar-refractivity contribution >= 4 is 15.9 Å². The number of hydrogen-bond acceptors (Lipinski definition) is 2. The number of rotatable bonds is 4. The first-order chi connectivity index (χ1) is 7.44. The molecule has 0 amide bonds. The molecule has 0 aliphatic heterocycles. The number of ether oxygens (including phenoxy) is 1. The lowest BCUT2D eigenvalue weighted by Gasteiger charge is -2.28. The van der Waals surface area contributed by atoms with Crippen molar-refractivity contribution in [3.63, 3.8) is 0 Å². The van der Waals surface area contributed by atoms with Crippen molar-refractivity contribution in [2.24, 2.45) is 0 Å². The van der Waals surface area contributed by atoms with E-state index in [0.29, 0.717) is 0 Å². The minimum absolute atomic E-state index is 0.0700. The molecule has 1 aromatic rings. The Balaban J connectivity index is 2.89. The lowest BCUT2D eigenvalue weighted by atomic mass is 10.1. The molecule has 0 heterocycles. The van der Waals surface area contributed by atoms with Crippen LogP contribution in [0.2, 0.25) is 0 Å². The molecule has 0 fully saturated rings. The van der Waals surface area contributed by atoms with E-state index >= 15 is 0 Å². The average Bonchev–Trinajstić information content (AvgIpc) is 2.16. The molecule has 0 spiro atoms. The highest BCUT2D eigenvalue weighted by molar-refractivity contribution is 9.10. The number of hydrogen-bond donors (Lipinski definition) is 1. The third-order valence-corrected chi connectivity index (χ3v) is 2.86. The van der Waals surface area contributed by atoms with Gasteiger partial charge >= 0.3 is 0 Å². The fourth-order valence-corrected chi connectivity index (χ4v) is 2.10. The maximum Gasteiger partial charge on any atom is 0.0967 e. The lowest BCUT2D eigenvalue weighted by Crippen LogP contribution is -2.28. The van der Waals surface area contributed by atoms with E-state index < -0.39 is 0 Å². The first-order valence-electron chi connectivity index (χ1n) is 5.51. The van der Waals surface area contributed by atoms with Crippen LogP contribution < -0.4 is 5.32 Å². The molecule has 1 N–H and O–H groups in total. The summed E-state index contributed by atoms with van der Waals surface area (Å²) in [6.07, 6.45) is 0.0700. The molecule has 1 atom stereocenters. The molecule has 16 heavy (non-hydrogen) atoms. The highest BCUT2D eigenvalue weighted by Gasteiger charge is 2.21. The smallest absolute Gasteiger partial charge is 0.0967 e. The second-order valence-electron chi connectivity index (χ2n) is 4.80. The Morgan fingerprint density at radius 3 is 2.44 bits per heavy atom. The maximum absolute atomic E-state index is 6.05. The molecule has 0 radical (unpaired) electrons. The minimum Gasteiger partial charge on any atom is -0.367 e. The zero-order valence-corrected chi connectivity index (χ0v) is 12.0. The van der Waals surface area contributed by atoms with Crippen molar-refractivity contribution in [1.82, 2.24) is 5.32 Å². The van der Waals surface area contributed by atoms with Crippen LogP contribution in [0.4, 0.5) is 0 Å². The number of nitrogens with one attached hydrogen (secondary N) is 1. The van der Waals surface area contributed by atoms with Crippen molar-refractivity contribution < 1.29 is 4.74 Å². The molecule has 1 rings (SSSR count). The first-order valence-corrected chi connectivity index (χ1v) is 6.30. The van der Waals surface area contributed by atoms with E-state index in [1.54, 1.807) is 0 Å². The van der Waals surface area contributed by atoms with Crippen LogP contribution in [-0.4, -0.2) is 19.2 Å². The van der Waals surface area contributed by atoms with E-state index in [0.717, 1.165) is 11.0 Å². The summed E-state index contributed by atoms with van der Waals surface area (Å²) in [4.78, 5) is 0. The van der Waals surface area contributed by atoms with Crippen LogP contribution in [0.5, 0.6) is 0 Å². The Hall–Kier alpha value is -0.380. The highest BCUT2D eigenvalue weighted by Crippen LogP contribution is 2.28. The largest absolute Gasteiger partial charge is 0.367 e. The molecule has 0 saturated carbocycles. The van der Waals surface area contributed by atoms with Crippen LogP contribution in [0.25, 0.3) is 0 Å². The summed E-state index contributed by atoms with van der Waals surface area (Å²) in [6.45, 7) is 7.03. The second-order valence-corrected chi connectivity index (χ2v) is 5.65. The molecular weight excluding hydrogens is 266 g/mol. The van der Waals surface area contributed by atoms with E-state index in [2.05, 4.69) is 48.1 Å². The number of likely N-dealkylation sites (N-methyl/N-ethyl adjacent to an activating group) is 1. The van der Waals surface area contributed by atoms with Gasteiger partial charge in [-0.2, -0.15) is 0 Å². The van der Waals surface area contributed by atoms with Gasteiger partial charge in [-0.3, -0.25) is 0 Å². The zero-order valence-electron chi connectivity index (χ0n) is 10.4. The van der Waals surface area contributed by atoms with Gasteiger partial charge in [0.25, 0.3) is 0 Å². The van der Waals surface area contributed by atoms with Gasteiger partial charge in [0.15, 0.2) is 0 Å². The van der Waals surface area contributed by atoms with Gasteiger partial charge in [-0.15, -0.1) is 0 Å². The van der Waals surface area contributed by atoms with Crippen molar-refractivity contribution in [2.75, 3.05) is 13.6 Å². The molecule has 0 aromatic heterocycles. The molecule has 0 aliphatic carbocycles. The lowest BCUT2D eigenvalue weighted by molar-refractivity contribution is -0.0602. The van der Waals surface area contributed by atoms with Gasteiger partial charge in [0.2, 0.25) is 0 Å². The molecule has 0 saturated heterocycles. The van der Waals surface area contributed by atoms with E-state index in [1.807, 2.05) is 25.2 Å². The van der Waals surface area contributed by atoms with E-state index in [1.165, 1.54) is 5.56 Å². The number of benzene rings is 1. The van der Waals surface area contributed by atoms with Gasteiger partial charge in [0, 0.05) is 11.0 Å². The highest BCUT2D eigenvalue weighted by atomic mass is 79.9. The van der Waals surface area contributed by atoms with Crippen LogP contribution in [-0.2, 0) is 4.74 Å². The summed E-state index contributed by atoms with van der Waals surface area (Å²) >= 11 is 3.57. The molecule has 1 unspecified atom stereocenters. The Kier molecular flexibility index (Phi) is 4.96. The molecule has 0 bridgehead atoms. The van der Waals surface area contributed by atoms with E-state index in [4.69, 9.17) is 4.74 Å². The Bertz CT molecular complexity index is 333. The fraction of sp³-hybridized carbons (Fsp3) is 0.538. The standard InChI is InChI=1S/C13H20BrNO/c1-13(2,3)16-12(9-15-4)10-7-5-6-8-11(10)14/h5-8,12,15H,9H2,1-4H3. The second kappa shape index (κ2) is 5.80. The molecular formula is C13H20BrNO. The molecule has 3 heteroatoms. The Morgan fingerprint density at radius 1 is 1.31 bits per heavy atom. The molecule has 90 valence electrons. The Morgan fingerprint density at radius 2 is 1.94 bits per heavy atom. The van der Waals surface area contributed by atoms with Gasteiger partial charge in [-0.1, -0.05) is 34.1 Å². The van der Waals surface area contributed by atoms with E-state index in [9.17, 15) is 0 Å². The zero-order chi connectivity index (χ0) is 12.2. The molecule has 2 nitrogen and oxygen atoms in total. The van der Waals surface area contributed by atoms with Crippen molar-refractivity contribution in [2.45, 2.75) is 32.5 Å². The molecule has 1 aromatic carbocycles. The third-order valence-electron chi connectivity index (χ3n) is 2.14. The van der Waals surface area contributed by atoms with Crippen LogP contribution in [0.1, 0.15) is 32.4 Å². The van der Waals surface area contributed by atoms with Crippen molar-refractivity contribution in [1.29, 1.82) is 0 Å². The normalized spacial score (nSPS) is 13.8. The van der Waals surface area contributed by atoms with E-state index in [-0.39, 0.29) is 11.7 Å². The monoisotopic (exact) mass is 285 g/mol. The maximum atomic E-state index is 6.05. The van der Waals surface area contributed by atoms with Crippen LogP contribution in [0.15, 0.2) is 28.7 Å². The van der Waals surface area contributed by atoms with Crippen molar-refractivity contribution in [3.8, 4) is 0 Å². The topological polar surface area (TPSA) is 21.3 Å². The average molecular weight is 286 g/mol. The quantitative estimate of drug-likeness (QED) is 0.914. The first kappa shape index (κ1) is 13.7. The SMILES string of the molecule is CNCC(OC(C)(C)C)c1ccccc1Br. The summed E-state index contributed by atoms with van der Waals surface area (Å²) in [5.41, 5.74) is 1.04. The van der Waals surface area contributed by atoms with Crippen molar-refractivity contribution in [3.05, 3.63) is 34.3 Å². The third kappa shape index (κ3) is 4.24. The fourth-order valence-electron chi connectivity index (χ4n) is 1.56. The van der Waals surface area contributed by atoms with Gasteiger partial charge in [0.1, 0.15) is 0 Å². The predicted octanol–water partition coefficient (Wildman–Crippen LogP) is 3.52. The van der Waals surface area contributed by atoms with Gasteiger partial charge < -0.3 is 10.1 Å².